The van der Waals surface area contributed by atoms with Gasteiger partial charge in [0.05, 0.1) is 0 Å². The zero-order valence-electron chi connectivity index (χ0n) is 14.7. The van der Waals surface area contributed by atoms with Gasteiger partial charge in [0, 0.05) is 0 Å². The minimum atomic E-state index is -0.893. The van der Waals surface area contributed by atoms with Crippen molar-refractivity contribution in [3.8, 4) is 0 Å². The van der Waals surface area contributed by atoms with Gasteiger partial charge in [0.15, 0.2) is 0 Å². The molecule has 2 fully saturated rings. The van der Waals surface area contributed by atoms with Gasteiger partial charge < -0.3 is 0 Å². The molecule has 0 bridgehead atoms. The van der Waals surface area contributed by atoms with Gasteiger partial charge in [-0.1, -0.05) is 0 Å². The standard InChI is InChI=1S/C21H24O3Se/c1-14-7-6-8-15-11-21(18(22)20(14,15)2)16(12-24-19(21)23)13-25-17-9-4-3-5-10-17/h3-7,9-10,14-16H,8,11-13H2,1-2H3/t14-,15+,16-,20+,21+/m0/s1. The summed E-state index contributed by atoms with van der Waals surface area (Å²) in [5.41, 5.74) is -1.31. The topological polar surface area (TPSA) is 43.4 Å². The Morgan fingerprint density at radius 2 is 2.00 bits per heavy atom. The zero-order valence-corrected chi connectivity index (χ0v) is 16.4. The molecular weight excluding hydrogens is 379 g/mol. The Hall–Kier alpha value is -1.38. The molecule has 25 heavy (non-hydrogen) atoms. The fourth-order valence-corrected chi connectivity index (χ4v) is 7.32. The summed E-state index contributed by atoms with van der Waals surface area (Å²) in [4.78, 5) is 26.4. The van der Waals surface area contributed by atoms with Crippen LogP contribution in [0.2, 0.25) is 5.32 Å². The molecule has 3 nitrogen and oxygen atoms in total. The maximum absolute atomic E-state index is 13.6. The van der Waals surface area contributed by atoms with E-state index < -0.39 is 10.8 Å². The predicted molar refractivity (Wildman–Crippen MR) is 97.7 cm³/mol. The Bertz CT molecular complexity index is 728. The number of benzene rings is 1. The normalized spacial score (nSPS) is 39.7. The molecule has 1 heterocycles. The summed E-state index contributed by atoms with van der Waals surface area (Å²) in [6.45, 7) is 4.60. The van der Waals surface area contributed by atoms with Crippen molar-refractivity contribution in [2.45, 2.75) is 32.0 Å². The molecule has 1 aliphatic heterocycles. The van der Waals surface area contributed by atoms with E-state index in [1.165, 1.54) is 4.46 Å². The summed E-state index contributed by atoms with van der Waals surface area (Å²) < 4.78 is 6.79. The number of hydrogen-bond donors (Lipinski definition) is 0. The fourth-order valence-electron chi connectivity index (χ4n) is 4.96. The number of cyclic esters (lactones) is 1. The van der Waals surface area contributed by atoms with Crippen LogP contribution in [-0.4, -0.2) is 33.3 Å². The van der Waals surface area contributed by atoms with E-state index in [1.54, 1.807) is 0 Å². The number of hydrogen-bond acceptors (Lipinski definition) is 3. The van der Waals surface area contributed by atoms with Crippen LogP contribution in [0.15, 0.2) is 42.5 Å². The van der Waals surface area contributed by atoms with Crippen LogP contribution >= 0.6 is 0 Å². The monoisotopic (exact) mass is 404 g/mol. The van der Waals surface area contributed by atoms with Crippen molar-refractivity contribution in [2.24, 2.45) is 28.6 Å². The molecule has 1 aromatic carbocycles. The number of allylic oxidation sites excluding steroid dienone is 2. The summed E-state index contributed by atoms with van der Waals surface area (Å²) in [7, 11) is 0. The van der Waals surface area contributed by atoms with E-state index in [9.17, 15) is 9.59 Å². The van der Waals surface area contributed by atoms with Crippen LogP contribution < -0.4 is 4.46 Å². The molecule has 1 saturated carbocycles. The first-order valence-electron chi connectivity index (χ1n) is 9.06. The van der Waals surface area contributed by atoms with Crippen LogP contribution in [0, 0.1) is 28.6 Å². The third-order valence-corrected chi connectivity index (χ3v) is 9.24. The van der Waals surface area contributed by atoms with Crippen LogP contribution in [0.1, 0.15) is 26.7 Å². The third kappa shape index (κ3) is 2.38. The van der Waals surface area contributed by atoms with Gasteiger partial charge in [-0.3, -0.25) is 0 Å². The molecule has 0 unspecified atom stereocenters. The molecule has 4 rings (SSSR count). The Morgan fingerprint density at radius 3 is 2.72 bits per heavy atom. The fraction of sp³-hybridized carbons (Fsp3) is 0.524. The average molecular weight is 403 g/mol. The van der Waals surface area contributed by atoms with Crippen LogP contribution in [0.25, 0.3) is 0 Å². The van der Waals surface area contributed by atoms with E-state index in [-0.39, 0.29) is 44.5 Å². The number of esters is 1. The van der Waals surface area contributed by atoms with Gasteiger partial charge >= 0.3 is 155 Å². The van der Waals surface area contributed by atoms with Crippen molar-refractivity contribution < 1.29 is 14.3 Å². The number of rotatable bonds is 3. The minimum absolute atomic E-state index is 0.0299. The molecule has 1 spiro atoms. The number of ketones is 1. The summed E-state index contributed by atoms with van der Waals surface area (Å²) in [6, 6.07) is 10.4. The number of carbonyl (C=O) groups is 2. The molecule has 2 aliphatic carbocycles. The van der Waals surface area contributed by atoms with Gasteiger partial charge in [0.1, 0.15) is 0 Å². The SMILES string of the molecule is C[C@H]1C=CC[C@@H]2C[C@]3(C(=O)OC[C@H]3C[Se]c3ccccc3)C(=O)[C@@]21C. The Morgan fingerprint density at radius 1 is 1.24 bits per heavy atom. The molecule has 132 valence electrons. The molecule has 0 N–H and O–H groups in total. The second-order valence-corrected chi connectivity index (χ2v) is 10.2. The van der Waals surface area contributed by atoms with Gasteiger partial charge in [-0.15, -0.1) is 0 Å². The summed E-state index contributed by atoms with van der Waals surface area (Å²) in [5, 5.41) is 0.888. The molecule has 3 aliphatic rings. The summed E-state index contributed by atoms with van der Waals surface area (Å²) in [6.07, 6.45) is 5.91. The Kier molecular flexibility index (Phi) is 4.16. The maximum atomic E-state index is 13.6. The molecule has 0 amide bonds. The van der Waals surface area contributed by atoms with Crippen molar-refractivity contribution in [3.05, 3.63) is 42.5 Å². The van der Waals surface area contributed by atoms with Crippen molar-refractivity contribution in [2.75, 3.05) is 6.61 Å². The predicted octanol–water partition coefficient (Wildman–Crippen LogP) is 2.79. The van der Waals surface area contributed by atoms with E-state index >= 15 is 0 Å². The van der Waals surface area contributed by atoms with Gasteiger partial charge in [-0.25, -0.2) is 0 Å². The van der Waals surface area contributed by atoms with E-state index in [0.717, 1.165) is 11.7 Å². The van der Waals surface area contributed by atoms with Gasteiger partial charge in [0.2, 0.25) is 0 Å². The van der Waals surface area contributed by atoms with E-state index in [1.807, 2.05) is 18.2 Å². The quantitative estimate of drug-likeness (QED) is 0.337. The molecule has 1 aromatic rings. The summed E-state index contributed by atoms with van der Waals surface area (Å²) in [5.74, 6) is 0.374. The van der Waals surface area contributed by atoms with E-state index in [0.29, 0.717) is 13.0 Å². The Balaban J connectivity index is 1.62. The Labute approximate surface area is 155 Å². The molecular formula is C21H24O3Se. The van der Waals surface area contributed by atoms with Gasteiger partial charge in [-0.05, 0) is 0 Å². The van der Waals surface area contributed by atoms with Crippen molar-refractivity contribution in [1.29, 1.82) is 0 Å². The van der Waals surface area contributed by atoms with Crippen molar-refractivity contribution in [3.63, 3.8) is 0 Å². The zero-order chi connectivity index (χ0) is 17.7. The number of fused-ring (bicyclic) bond motifs is 1. The van der Waals surface area contributed by atoms with Crippen LogP contribution in [0.3, 0.4) is 0 Å². The van der Waals surface area contributed by atoms with Crippen LogP contribution in [0.4, 0.5) is 0 Å². The van der Waals surface area contributed by atoms with E-state index in [2.05, 4.69) is 38.1 Å². The number of carbonyl (C=O) groups excluding carboxylic acids is 2. The van der Waals surface area contributed by atoms with Crippen LogP contribution in [0.5, 0.6) is 0 Å². The molecule has 5 atom stereocenters. The van der Waals surface area contributed by atoms with E-state index in [4.69, 9.17) is 4.74 Å². The van der Waals surface area contributed by atoms with Gasteiger partial charge in [-0.2, -0.15) is 0 Å². The second kappa shape index (κ2) is 6.10. The first kappa shape index (κ1) is 17.1. The van der Waals surface area contributed by atoms with Crippen molar-refractivity contribution >= 4 is 31.2 Å². The average Bonchev–Trinajstić information content (AvgIpc) is 3.06. The summed E-state index contributed by atoms with van der Waals surface area (Å²) >= 11 is 0.256. The third-order valence-electron chi connectivity index (χ3n) is 6.77. The van der Waals surface area contributed by atoms with Crippen molar-refractivity contribution in [1.82, 2.24) is 0 Å². The van der Waals surface area contributed by atoms with Crippen LogP contribution in [-0.2, 0) is 14.3 Å². The second-order valence-electron chi connectivity index (χ2n) is 7.86. The molecule has 4 heteroatoms. The molecule has 0 radical (unpaired) electrons. The van der Waals surface area contributed by atoms with Gasteiger partial charge in [0.25, 0.3) is 0 Å². The molecule has 0 aromatic heterocycles. The first-order chi connectivity index (χ1) is 12.0. The number of Topliss-reactive ketones (excluding diaryl/α,β-unsaturated/α-hetero) is 1. The molecule has 1 saturated heterocycles. The first-order valence-corrected chi connectivity index (χ1v) is 11.1. The number of ether oxygens (including phenoxy) is 1.